The second kappa shape index (κ2) is 26.0. The van der Waals surface area contributed by atoms with Gasteiger partial charge in [0.1, 0.15) is 23.0 Å². The molecule has 2 aliphatic heterocycles. The van der Waals surface area contributed by atoms with E-state index in [1.807, 2.05) is 127 Å². The van der Waals surface area contributed by atoms with Gasteiger partial charge in [0.2, 0.25) is 0 Å². The number of rotatable bonds is 10. The Labute approximate surface area is 469 Å². The highest BCUT2D eigenvalue weighted by molar-refractivity contribution is 7.85. The summed E-state index contributed by atoms with van der Waals surface area (Å²) < 4.78 is 43.8. The number of methoxy groups -OCH3 is 1. The van der Waals surface area contributed by atoms with Crippen LogP contribution in [-0.4, -0.2) is 82.5 Å². The molecule has 1 atom stereocenters. The van der Waals surface area contributed by atoms with Crippen molar-refractivity contribution in [2.24, 2.45) is 0 Å². The molecular weight excluding hydrogens is 1030 g/mol. The minimum atomic E-state index is -3.67. The van der Waals surface area contributed by atoms with Gasteiger partial charge in [0.05, 0.1) is 30.1 Å². The predicted molar refractivity (Wildman–Crippen MR) is 321 cm³/mol. The number of benzene rings is 8. The number of carboxylic acid groups (broad SMARTS) is 1. The second-order valence-corrected chi connectivity index (χ2v) is 20.6. The van der Waals surface area contributed by atoms with Crippen molar-refractivity contribution in [2.75, 3.05) is 62.0 Å². The predicted octanol–water partition coefficient (Wildman–Crippen LogP) is 13.9. The Bertz CT molecular complexity index is 3630. The lowest BCUT2D eigenvalue weighted by Crippen LogP contribution is -2.33. The van der Waals surface area contributed by atoms with E-state index < -0.39 is 27.5 Å². The molecule has 0 saturated carbocycles. The average Bonchev–Trinajstić information content (AvgIpc) is 3.70. The van der Waals surface area contributed by atoms with Gasteiger partial charge in [-0.25, -0.2) is 9.59 Å². The molecule has 0 bridgehead atoms. The number of aromatic hydroxyl groups is 1. The molecule has 1 spiro atoms. The molecule has 0 aromatic heterocycles. The van der Waals surface area contributed by atoms with E-state index in [2.05, 4.69) is 76.7 Å². The summed E-state index contributed by atoms with van der Waals surface area (Å²) in [4.78, 5) is 40.7. The van der Waals surface area contributed by atoms with Gasteiger partial charge in [0, 0.05) is 96.7 Å². The molecule has 8 aromatic rings. The average molecular weight is 1100 g/mol. The van der Waals surface area contributed by atoms with Gasteiger partial charge in [-0.15, -0.1) is 0 Å². The first-order valence-electron chi connectivity index (χ1n) is 24.6. The number of nitrogens with zero attached hydrogens (tertiary/aromatic N) is 2. The number of hydrogen-bond acceptors (Lipinski definition) is 13. The van der Waals surface area contributed by atoms with Gasteiger partial charge < -0.3 is 44.9 Å². The molecule has 80 heavy (non-hydrogen) atoms. The molecular formula is C64H70N4O11S. The number of phenols is 1. The summed E-state index contributed by atoms with van der Waals surface area (Å²) in [5, 5.41) is 25.8. The van der Waals surface area contributed by atoms with Crippen molar-refractivity contribution in [1.29, 1.82) is 0 Å². The molecule has 15 nitrogen and oxygen atoms in total. The van der Waals surface area contributed by atoms with Crippen LogP contribution in [0.25, 0.3) is 0 Å². The Hall–Kier alpha value is -9.12. The number of aryl methyl sites for hydroxylation is 4. The summed E-state index contributed by atoms with van der Waals surface area (Å²) in [6, 6.07) is 51.2. The number of carboxylic acids is 1. The quantitative estimate of drug-likeness (QED) is 0.0491. The number of fused-ring (bicyclic) bond motifs is 6. The topological polar surface area (TPSA) is 204 Å². The van der Waals surface area contributed by atoms with Crippen LogP contribution in [0.1, 0.15) is 90.4 Å². The van der Waals surface area contributed by atoms with E-state index in [4.69, 9.17) is 23.9 Å². The van der Waals surface area contributed by atoms with E-state index in [9.17, 15) is 27.9 Å². The van der Waals surface area contributed by atoms with Crippen molar-refractivity contribution < 1.29 is 51.8 Å². The molecule has 5 N–H and O–H groups in total. The number of aromatic carboxylic acids is 1. The van der Waals surface area contributed by atoms with Gasteiger partial charge in [-0.05, 0) is 159 Å². The van der Waals surface area contributed by atoms with Crippen LogP contribution < -0.4 is 29.9 Å². The van der Waals surface area contributed by atoms with Crippen LogP contribution in [0.4, 0.5) is 34.1 Å². The molecule has 0 saturated heterocycles. The fraction of sp³-hybridized carbons (Fsp3) is 0.203. The monoisotopic (exact) mass is 1100 g/mol. The standard InChI is InChI=1S/C30H26N2O3.C16H14O4.C15H18N2O.CH4O3S.2CH4/c1-18-15-26-27(16-19(18)2)34-28-17-21(31-20-9-12-22(13-10-20)32(3)4)11-14-25(28)30(26)24-8-6-5-7-23(24)29(33)35-30;1-9-7-13(14(17)8-10(9)2)15(18)11-5-3-4-6-12(11)16(19)20;1-17(2)14-9-7-12(8-10-14)16-13-5-4-6-15(11-13)18-3;1-5(2,3)4;;/h5-17,31H,1-4H3;3-8,17H,1-2H3,(H,19,20);4-11,16H,1-3H3;1H3,(H,2,3,4);2*1H4. The molecule has 2 aliphatic rings. The van der Waals surface area contributed by atoms with E-state index >= 15 is 0 Å². The van der Waals surface area contributed by atoms with Crippen molar-refractivity contribution in [1.82, 2.24) is 0 Å². The SMILES string of the molecule is C.C.COc1cccc(Nc2ccc(N(C)C)cc2)c1.CS(=O)(=O)O.Cc1cc(O)c(C(=O)c2ccccc2C(=O)O)cc1C.Cc1cc2c(cc1C)C1(OC(=O)c3ccccc31)c1ccc(Nc3ccc(N(C)C)cc3)cc1O2. The molecule has 0 radical (unpaired) electrons. The number of nitrogens with one attached hydrogen (secondary N) is 2. The first kappa shape index (κ1) is 61.7. The van der Waals surface area contributed by atoms with E-state index in [0.717, 1.165) is 73.1 Å². The Balaban J connectivity index is 0.000000224. The summed E-state index contributed by atoms with van der Waals surface area (Å²) in [6.07, 6.45) is 0.715. The molecule has 0 aliphatic carbocycles. The lowest BCUT2D eigenvalue weighted by Gasteiger charge is -2.37. The Morgan fingerprint density at radius 3 is 1.61 bits per heavy atom. The number of carbonyl (C=O) groups excluding carboxylic acids is 2. The van der Waals surface area contributed by atoms with Crippen molar-refractivity contribution in [2.45, 2.75) is 48.1 Å². The number of carbonyl (C=O) groups is 3. The molecule has 0 fully saturated rings. The summed E-state index contributed by atoms with van der Waals surface area (Å²) in [5.74, 6) is 0.0997. The van der Waals surface area contributed by atoms with Gasteiger partial charge in [0.15, 0.2) is 11.4 Å². The molecule has 1 unspecified atom stereocenters. The maximum absolute atomic E-state index is 13.0. The highest BCUT2D eigenvalue weighted by Crippen LogP contribution is 2.57. The van der Waals surface area contributed by atoms with Gasteiger partial charge >= 0.3 is 11.9 Å². The van der Waals surface area contributed by atoms with E-state index in [-0.39, 0.29) is 43.3 Å². The van der Waals surface area contributed by atoms with Gasteiger partial charge in [-0.3, -0.25) is 9.35 Å². The van der Waals surface area contributed by atoms with Crippen LogP contribution in [-0.2, 0) is 20.5 Å². The molecule has 2 heterocycles. The van der Waals surface area contributed by atoms with Crippen LogP contribution >= 0.6 is 0 Å². The summed E-state index contributed by atoms with van der Waals surface area (Å²) in [7, 11) is 6.11. The lowest BCUT2D eigenvalue weighted by atomic mass is 9.77. The first-order chi connectivity index (χ1) is 37.0. The number of ketones is 1. The zero-order valence-corrected chi connectivity index (χ0v) is 45.8. The smallest absolute Gasteiger partial charge is 0.340 e. The number of phenolic OH excluding ortho intramolecular Hbond substituents is 1. The third-order valence-electron chi connectivity index (χ3n) is 13.0. The van der Waals surface area contributed by atoms with E-state index in [1.54, 1.807) is 25.3 Å². The van der Waals surface area contributed by atoms with Crippen LogP contribution in [0, 0.1) is 27.7 Å². The van der Waals surface area contributed by atoms with Crippen molar-refractivity contribution in [3.8, 4) is 23.0 Å². The third-order valence-corrected chi connectivity index (χ3v) is 13.0. The molecule has 0 amide bonds. The maximum atomic E-state index is 13.0. The molecule has 418 valence electrons. The highest BCUT2D eigenvalue weighted by atomic mass is 32.2. The Morgan fingerprint density at radius 2 is 1.05 bits per heavy atom. The fourth-order valence-electron chi connectivity index (χ4n) is 8.72. The second-order valence-electron chi connectivity index (χ2n) is 19.1. The largest absolute Gasteiger partial charge is 0.507 e. The van der Waals surface area contributed by atoms with Crippen LogP contribution in [0.2, 0.25) is 0 Å². The van der Waals surface area contributed by atoms with Crippen LogP contribution in [0.3, 0.4) is 0 Å². The Kier molecular flexibility index (Phi) is 20.1. The summed E-state index contributed by atoms with van der Waals surface area (Å²) >= 11 is 0. The number of hydrogen-bond donors (Lipinski definition) is 5. The lowest BCUT2D eigenvalue weighted by molar-refractivity contribution is 0.0224. The van der Waals surface area contributed by atoms with Gasteiger partial charge in [0.25, 0.3) is 10.1 Å². The number of esters is 1. The van der Waals surface area contributed by atoms with Crippen molar-refractivity contribution >= 4 is 62.0 Å². The maximum Gasteiger partial charge on any atom is 0.340 e. The first-order valence-corrected chi connectivity index (χ1v) is 26.4. The van der Waals surface area contributed by atoms with E-state index in [0.29, 0.717) is 23.3 Å². The Morgan fingerprint density at radius 1 is 0.562 bits per heavy atom. The fourth-order valence-corrected chi connectivity index (χ4v) is 8.72. The van der Waals surface area contributed by atoms with E-state index in [1.165, 1.54) is 23.9 Å². The van der Waals surface area contributed by atoms with Gasteiger partial charge in [-0.2, -0.15) is 8.42 Å². The number of ether oxygens (including phenoxy) is 3. The van der Waals surface area contributed by atoms with Crippen LogP contribution in [0.15, 0.2) is 164 Å². The highest BCUT2D eigenvalue weighted by Gasteiger charge is 2.53. The molecule has 10 rings (SSSR count). The summed E-state index contributed by atoms with van der Waals surface area (Å²) in [5.41, 5.74) is 12.4. The van der Waals surface area contributed by atoms with Crippen LogP contribution in [0.5, 0.6) is 23.0 Å². The normalized spacial score (nSPS) is 13.1. The van der Waals surface area contributed by atoms with Crippen molar-refractivity contribution in [3.63, 3.8) is 0 Å². The minimum absolute atomic E-state index is 0. The summed E-state index contributed by atoms with van der Waals surface area (Å²) in [6.45, 7) is 7.78. The zero-order chi connectivity index (χ0) is 56.6. The number of anilines is 6. The zero-order valence-electron chi connectivity index (χ0n) is 45.0. The van der Waals surface area contributed by atoms with Gasteiger partial charge in [-0.1, -0.05) is 57.3 Å². The molecule has 8 aromatic carbocycles. The third kappa shape index (κ3) is 14.3. The van der Waals surface area contributed by atoms with Crippen molar-refractivity contribution in [3.05, 3.63) is 225 Å². The minimum Gasteiger partial charge on any atom is -0.507 e. The molecule has 16 heteroatoms.